The molecule has 0 radical (unpaired) electrons. The minimum Gasteiger partial charge on any atom is -0.485 e. The summed E-state index contributed by atoms with van der Waals surface area (Å²) in [6.07, 6.45) is 9.52. The van der Waals surface area contributed by atoms with E-state index in [4.69, 9.17) is 4.74 Å². The van der Waals surface area contributed by atoms with E-state index < -0.39 is 0 Å². The minimum absolute atomic E-state index is 0.0583. The normalized spacial score (nSPS) is 20.3. The largest absolute Gasteiger partial charge is 0.485 e. The average molecular weight is 275 g/mol. The molecule has 1 saturated carbocycles. The number of aromatic nitrogens is 1. The monoisotopic (exact) mass is 275 g/mol. The molecule has 1 saturated heterocycles. The fourth-order valence-corrected chi connectivity index (χ4v) is 2.80. The van der Waals surface area contributed by atoms with Crippen LogP contribution < -0.4 is 10.1 Å². The predicted molar refractivity (Wildman–Crippen MR) is 75.6 cm³/mol. The van der Waals surface area contributed by atoms with E-state index in [0.717, 1.165) is 18.6 Å². The number of urea groups is 1. The van der Waals surface area contributed by atoms with Gasteiger partial charge >= 0.3 is 6.03 Å². The van der Waals surface area contributed by atoms with E-state index in [2.05, 4.69) is 10.3 Å². The van der Waals surface area contributed by atoms with Crippen LogP contribution in [0.3, 0.4) is 0 Å². The van der Waals surface area contributed by atoms with Crippen molar-refractivity contribution in [3.8, 4) is 5.75 Å². The van der Waals surface area contributed by atoms with Gasteiger partial charge in [0.2, 0.25) is 0 Å². The van der Waals surface area contributed by atoms with Crippen LogP contribution in [0.1, 0.15) is 32.1 Å². The zero-order chi connectivity index (χ0) is 13.8. The van der Waals surface area contributed by atoms with Crippen molar-refractivity contribution in [3.63, 3.8) is 0 Å². The smallest absolute Gasteiger partial charge is 0.317 e. The van der Waals surface area contributed by atoms with Gasteiger partial charge in [-0.25, -0.2) is 4.79 Å². The highest BCUT2D eigenvalue weighted by Crippen LogP contribution is 2.20. The number of hydrogen-bond acceptors (Lipinski definition) is 3. The third kappa shape index (κ3) is 3.21. The summed E-state index contributed by atoms with van der Waals surface area (Å²) in [6, 6.07) is 4.16. The highest BCUT2D eigenvalue weighted by molar-refractivity contribution is 5.75. The molecule has 1 aromatic heterocycles. The molecule has 1 aliphatic carbocycles. The molecule has 0 bridgehead atoms. The van der Waals surface area contributed by atoms with Crippen LogP contribution in [-0.2, 0) is 0 Å². The van der Waals surface area contributed by atoms with E-state index in [9.17, 15) is 4.79 Å². The molecule has 3 rings (SSSR count). The Labute approximate surface area is 119 Å². The Bertz CT molecular complexity index is 440. The Balaban J connectivity index is 1.40. The zero-order valence-corrected chi connectivity index (χ0v) is 11.6. The van der Waals surface area contributed by atoms with Crippen molar-refractivity contribution in [2.45, 2.75) is 44.2 Å². The van der Waals surface area contributed by atoms with Gasteiger partial charge < -0.3 is 15.0 Å². The van der Waals surface area contributed by atoms with Gasteiger partial charge in [-0.1, -0.05) is 19.3 Å². The Hall–Kier alpha value is -1.78. The molecule has 5 heteroatoms. The van der Waals surface area contributed by atoms with E-state index in [1.807, 2.05) is 17.0 Å². The summed E-state index contributed by atoms with van der Waals surface area (Å²) in [4.78, 5) is 17.9. The molecular formula is C15H21N3O2. The number of ether oxygens (including phenoxy) is 1. The van der Waals surface area contributed by atoms with Crippen molar-refractivity contribution in [1.82, 2.24) is 15.2 Å². The van der Waals surface area contributed by atoms with E-state index >= 15 is 0 Å². The lowest BCUT2D eigenvalue weighted by atomic mass is 9.95. The van der Waals surface area contributed by atoms with Gasteiger partial charge in [0.15, 0.2) is 0 Å². The van der Waals surface area contributed by atoms with E-state index in [1.165, 1.54) is 19.3 Å². The second kappa shape index (κ2) is 6.11. The number of pyridine rings is 1. The van der Waals surface area contributed by atoms with Crippen LogP contribution in [0, 0.1) is 0 Å². The van der Waals surface area contributed by atoms with Crippen LogP contribution in [0.25, 0.3) is 0 Å². The number of amides is 2. The first-order valence-electron chi connectivity index (χ1n) is 7.43. The molecule has 2 heterocycles. The summed E-state index contributed by atoms with van der Waals surface area (Å²) in [7, 11) is 0. The van der Waals surface area contributed by atoms with E-state index in [-0.39, 0.29) is 12.1 Å². The third-order valence-electron chi connectivity index (χ3n) is 4.01. The number of hydrogen-bond donors (Lipinski definition) is 1. The van der Waals surface area contributed by atoms with Crippen LogP contribution in [0.2, 0.25) is 0 Å². The standard InChI is InChI=1S/C15H21N3O2/c19-15(17-12-5-2-1-3-6-12)18-10-14(11-18)20-13-7-4-8-16-9-13/h4,7-9,12,14H,1-3,5-6,10-11H2,(H,17,19). The van der Waals surface area contributed by atoms with E-state index in [0.29, 0.717) is 19.1 Å². The van der Waals surface area contributed by atoms with Gasteiger partial charge in [0, 0.05) is 12.2 Å². The van der Waals surface area contributed by atoms with Gasteiger partial charge in [-0.05, 0) is 25.0 Å². The van der Waals surface area contributed by atoms with Gasteiger partial charge in [0.05, 0.1) is 19.3 Å². The van der Waals surface area contributed by atoms with Gasteiger partial charge in [-0.2, -0.15) is 0 Å². The summed E-state index contributed by atoms with van der Waals surface area (Å²) in [5.41, 5.74) is 0. The maximum Gasteiger partial charge on any atom is 0.317 e. The molecule has 0 unspecified atom stereocenters. The second-order valence-electron chi connectivity index (χ2n) is 5.62. The van der Waals surface area contributed by atoms with Crippen molar-refractivity contribution in [2.75, 3.05) is 13.1 Å². The maximum absolute atomic E-state index is 12.0. The first kappa shape index (κ1) is 13.2. The third-order valence-corrected chi connectivity index (χ3v) is 4.01. The molecule has 1 aliphatic heterocycles. The van der Waals surface area contributed by atoms with Crippen molar-refractivity contribution in [1.29, 1.82) is 0 Å². The molecule has 20 heavy (non-hydrogen) atoms. The highest BCUT2D eigenvalue weighted by atomic mass is 16.5. The predicted octanol–water partition coefficient (Wildman–Crippen LogP) is 2.19. The van der Waals surface area contributed by atoms with Crippen molar-refractivity contribution >= 4 is 6.03 Å². The second-order valence-corrected chi connectivity index (χ2v) is 5.62. The lowest BCUT2D eigenvalue weighted by Gasteiger charge is -2.39. The SMILES string of the molecule is O=C(NC1CCCCC1)N1CC(Oc2cccnc2)C1. The lowest BCUT2D eigenvalue weighted by Crippen LogP contribution is -2.60. The molecular weight excluding hydrogens is 254 g/mol. The molecule has 2 aliphatic rings. The number of rotatable bonds is 3. The van der Waals surface area contributed by atoms with E-state index in [1.54, 1.807) is 12.4 Å². The Morgan fingerprint density at radius 1 is 1.30 bits per heavy atom. The molecule has 2 fully saturated rings. The van der Waals surface area contributed by atoms with Crippen LogP contribution in [-0.4, -0.2) is 41.2 Å². The topological polar surface area (TPSA) is 54.5 Å². The summed E-state index contributed by atoms with van der Waals surface area (Å²) >= 11 is 0. The number of carbonyl (C=O) groups is 1. The Kier molecular flexibility index (Phi) is 4.04. The average Bonchev–Trinajstić information content (AvgIpc) is 2.44. The van der Waals surface area contributed by atoms with Crippen molar-refractivity contribution in [3.05, 3.63) is 24.5 Å². The van der Waals surface area contributed by atoms with Gasteiger partial charge in [0.1, 0.15) is 11.9 Å². The van der Waals surface area contributed by atoms with Gasteiger partial charge in [0.25, 0.3) is 0 Å². The molecule has 0 spiro atoms. The van der Waals surface area contributed by atoms with Crippen molar-refractivity contribution < 1.29 is 9.53 Å². The zero-order valence-electron chi connectivity index (χ0n) is 11.6. The first-order valence-corrected chi connectivity index (χ1v) is 7.43. The van der Waals surface area contributed by atoms with Crippen molar-refractivity contribution in [2.24, 2.45) is 0 Å². The number of nitrogens with zero attached hydrogens (tertiary/aromatic N) is 2. The highest BCUT2D eigenvalue weighted by Gasteiger charge is 2.33. The fraction of sp³-hybridized carbons (Fsp3) is 0.600. The fourth-order valence-electron chi connectivity index (χ4n) is 2.80. The number of likely N-dealkylation sites (tertiary alicyclic amines) is 1. The first-order chi connectivity index (χ1) is 9.81. The molecule has 2 amide bonds. The Morgan fingerprint density at radius 3 is 2.80 bits per heavy atom. The maximum atomic E-state index is 12.0. The summed E-state index contributed by atoms with van der Waals surface area (Å²) in [5, 5.41) is 3.12. The number of nitrogens with one attached hydrogen (secondary N) is 1. The summed E-state index contributed by atoms with van der Waals surface area (Å²) in [5.74, 6) is 0.768. The summed E-state index contributed by atoms with van der Waals surface area (Å²) < 4.78 is 5.74. The Morgan fingerprint density at radius 2 is 2.10 bits per heavy atom. The number of carbonyl (C=O) groups excluding carboxylic acids is 1. The molecule has 5 nitrogen and oxygen atoms in total. The summed E-state index contributed by atoms with van der Waals surface area (Å²) in [6.45, 7) is 1.32. The minimum atomic E-state index is 0.0583. The lowest BCUT2D eigenvalue weighted by molar-refractivity contribution is 0.0427. The van der Waals surface area contributed by atoms with Crippen LogP contribution in [0.4, 0.5) is 4.79 Å². The quantitative estimate of drug-likeness (QED) is 0.920. The molecule has 0 atom stereocenters. The van der Waals surface area contributed by atoms with Gasteiger partial charge in [-0.3, -0.25) is 4.98 Å². The molecule has 0 aromatic carbocycles. The van der Waals surface area contributed by atoms with Crippen LogP contribution >= 0.6 is 0 Å². The molecule has 1 N–H and O–H groups in total. The van der Waals surface area contributed by atoms with Crippen LogP contribution in [0.15, 0.2) is 24.5 Å². The molecule has 1 aromatic rings. The van der Waals surface area contributed by atoms with Gasteiger partial charge in [-0.15, -0.1) is 0 Å². The van der Waals surface area contributed by atoms with Crippen LogP contribution in [0.5, 0.6) is 5.75 Å². The molecule has 108 valence electrons.